The maximum absolute atomic E-state index is 12.7. The third kappa shape index (κ3) is 2.89. The zero-order chi connectivity index (χ0) is 17.3. The van der Waals surface area contributed by atoms with Gasteiger partial charge in [0.15, 0.2) is 0 Å². The number of hydroxylamine groups is 1. The zero-order valence-corrected chi connectivity index (χ0v) is 14.4. The van der Waals surface area contributed by atoms with Gasteiger partial charge in [0, 0.05) is 18.6 Å². The lowest BCUT2D eigenvalue weighted by Crippen LogP contribution is -2.60. The summed E-state index contributed by atoms with van der Waals surface area (Å²) in [6, 6.07) is 9.45. The predicted molar refractivity (Wildman–Crippen MR) is 89.9 cm³/mol. The van der Waals surface area contributed by atoms with Crippen molar-refractivity contribution in [2.45, 2.75) is 18.2 Å². The van der Waals surface area contributed by atoms with Crippen molar-refractivity contribution in [3.63, 3.8) is 0 Å². The fourth-order valence-electron chi connectivity index (χ4n) is 2.78. The van der Waals surface area contributed by atoms with Crippen molar-refractivity contribution in [1.82, 2.24) is 10.4 Å². The van der Waals surface area contributed by atoms with Gasteiger partial charge in [-0.25, -0.2) is 4.79 Å². The van der Waals surface area contributed by atoms with Gasteiger partial charge in [-0.15, -0.1) is 23.4 Å². The van der Waals surface area contributed by atoms with Crippen LogP contribution in [-0.2, 0) is 19.2 Å². The number of thioether (sulfide) groups is 1. The number of nitrogens with one attached hydrogen (secondary N) is 1. The molecule has 0 radical (unpaired) electrons. The van der Waals surface area contributed by atoms with Crippen molar-refractivity contribution < 1.29 is 19.2 Å². The topological polar surface area (TPSA) is 75.7 Å². The van der Waals surface area contributed by atoms with Gasteiger partial charge in [0.1, 0.15) is 5.70 Å². The number of β-lactam (4-membered cyclic amide) rings is 1. The molecule has 126 valence electrons. The maximum atomic E-state index is 12.7. The van der Waals surface area contributed by atoms with E-state index in [1.54, 1.807) is 11.8 Å². The number of alkyl halides is 1. The number of rotatable bonds is 3. The molecule has 2 amide bonds. The van der Waals surface area contributed by atoms with Crippen molar-refractivity contribution >= 4 is 41.1 Å². The number of hydrogen-bond donors (Lipinski definition) is 1. The molecule has 0 saturated carbocycles. The molecule has 2 aliphatic heterocycles. The van der Waals surface area contributed by atoms with Crippen molar-refractivity contribution in [2.75, 3.05) is 11.6 Å². The summed E-state index contributed by atoms with van der Waals surface area (Å²) in [7, 11) is 0. The van der Waals surface area contributed by atoms with Crippen molar-refractivity contribution in [1.29, 1.82) is 0 Å². The van der Waals surface area contributed by atoms with Crippen LogP contribution in [-0.4, -0.2) is 39.7 Å². The monoisotopic (exact) mass is 366 g/mol. The van der Waals surface area contributed by atoms with Crippen LogP contribution in [0.3, 0.4) is 0 Å². The van der Waals surface area contributed by atoms with Crippen molar-refractivity contribution in [3.8, 4) is 0 Å². The predicted octanol–water partition coefficient (Wildman–Crippen LogP) is 1.77. The molecule has 0 aliphatic carbocycles. The van der Waals surface area contributed by atoms with E-state index in [1.807, 2.05) is 35.8 Å². The molecule has 24 heavy (non-hydrogen) atoms. The average Bonchev–Trinajstić information content (AvgIpc) is 2.59. The molecule has 1 aromatic rings. The van der Waals surface area contributed by atoms with Crippen LogP contribution in [0.2, 0.25) is 0 Å². The molecule has 0 spiro atoms. The van der Waals surface area contributed by atoms with Gasteiger partial charge in [-0.1, -0.05) is 30.3 Å². The smallest absolute Gasteiger partial charge is 0.334 e. The largest absolute Gasteiger partial charge is 0.379 e. The summed E-state index contributed by atoms with van der Waals surface area (Å²) in [5.41, 5.74) is 3.67. The number of carbonyl (C=O) groups excluding carboxylic acids is 3. The molecular formula is C16H15ClN2O4S. The lowest BCUT2D eigenvalue weighted by Gasteiger charge is -2.49. The SMILES string of the molecule is CC(=O)NOC(=O)C1=C(CCl)CS[C@H]2C(c3ccccc3)C(=O)N12. The molecule has 2 heterocycles. The van der Waals surface area contributed by atoms with Crippen LogP contribution in [0.1, 0.15) is 18.4 Å². The second-order valence-electron chi connectivity index (χ2n) is 5.43. The Morgan fingerprint density at radius 1 is 1.38 bits per heavy atom. The Morgan fingerprint density at radius 2 is 2.08 bits per heavy atom. The Hall–Kier alpha value is -1.99. The molecule has 1 saturated heterocycles. The average molecular weight is 367 g/mol. The van der Waals surface area contributed by atoms with Gasteiger partial charge in [0.25, 0.3) is 0 Å². The number of nitrogens with zero attached hydrogens (tertiary/aromatic N) is 1. The van der Waals surface area contributed by atoms with E-state index in [-0.39, 0.29) is 28.8 Å². The summed E-state index contributed by atoms with van der Waals surface area (Å²) in [6.45, 7) is 1.23. The number of fused-ring (bicyclic) bond motifs is 1. The molecule has 1 N–H and O–H groups in total. The molecule has 6 nitrogen and oxygen atoms in total. The minimum Gasteiger partial charge on any atom is -0.334 e. The lowest BCUT2D eigenvalue weighted by molar-refractivity contribution is -0.159. The molecule has 0 bridgehead atoms. The standard InChI is InChI=1S/C16H15ClN2O4S/c1-9(20)18-23-16(22)13-11(7-17)8-24-15-12(14(21)19(13)15)10-5-3-2-4-6-10/h2-6,12,15H,7-8H2,1H3,(H,18,20)/t12?,15-/m0/s1. The lowest BCUT2D eigenvalue weighted by atomic mass is 9.88. The highest BCUT2D eigenvalue weighted by atomic mass is 35.5. The molecule has 8 heteroatoms. The Morgan fingerprint density at radius 3 is 2.71 bits per heavy atom. The van der Waals surface area contributed by atoms with Gasteiger partial charge >= 0.3 is 5.97 Å². The Bertz CT molecular complexity index is 722. The Kier molecular flexibility index (Phi) is 4.82. The highest BCUT2D eigenvalue weighted by Gasteiger charge is 2.54. The van der Waals surface area contributed by atoms with E-state index in [1.165, 1.54) is 11.8 Å². The summed E-state index contributed by atoms with van der Waals surface area (Å²) < 4.78 is 0. The Labute approximate surface area is 148 Å². The van der Waals surface area contributed by atoms with Gasteiger partial charge in [0.05, 0.1) is 11.3 Å². The van der Waals surface area contributed by atoms with Gasteiger partial charge in [0.2, 0.25) is 11.8 Å². The van der Waals surface area contributed by atoms with Gasteiger partial charge < -0.3 is 4.84 Å². The number of carbonyl (C=O) groups is 3. The molecule has 1 aromatic carbocycles. The fourth-order valence-corrected chi connectivity index (χ4v) is 4.54. The van der Waals surface area contributed by atoms with Gasteiger partial charge in [-0.2, -0.15) is 5.48 Å². The van der Waals surface area contributed by atoms with Crippen LogP contribution >= 0.6 is 23.4 Å². The molecule has 2 atom stereocenters. The normalized spacial score (nSPS) is 22.6. The number of amides is 2. The van der Waals surface area contributed by atoms with Crippen LogP contribution in [0.15, 0.2) is 41.6 Å². The first-order chi connectivity index (χ1) is 11.5. The first-order valence-electron chi connectivity index (χ1n) is 7.30. The van der Waals surface area contributed by atoms with E-state index in [9.17, 15) is 14.4 Å². The van der Waals surface area contributed by atoms with Gasteiger partial charge in [-0.05, 0) is 11.1 Å². The van der Waals surface area contributed by atoms with Crippen LogP contribution in [0.5, 0.6) is 0 Å². The zero-order valence-electron chi connectivity index (χ0n) is 12.8. The molecule has 0 aromatic heterocycles. The molecule has 3 rings (SSSR count). The van der Waals surface area contributed by atoms with E-state index in [0.29, 0.717) is 11.3 Å². The van der Waals surface area contributed by atoms with Crippen molar-refractivity contribution in [2.24, 2.45) is 0 Å². The van der Waals surface area contributed by atoms with E-state index in [0.717, 1.165) is 5.56 Å². The maximum Gasteiger partial charge on any atom is 0.379 e. The van der Waals surface area contributed by atoms with Gasteiger partial charge in [-0.3, -0.25) is 14.5 Å². The highest BCUT2D eigenvalue weighted by Crippen LogP contribution is 2.48. The summed E-state index contributed by atoms with van der Waals surface area (Å²) in [5, 5.41) is -0.174. The minimum absolute atomic E-state index is 0.115. The summed E-state index contributed by atoms with van der Waals surface area (Å²) in [4.78, 5) is 42.1. The molecular weight excluding hydrogens is 352 g/mol. The number of hydrogen-bond acceptors (Lipinski definition) is 5. The van der Waals surface area contributed by atoms with E-state index in [2.05, 4.69) is 0 Å². The second-order valence-corrected chi connectivity index (χ2v) is 6.80. The van der Waals surface area contributed by atoms with Crippen LogP contribution in [0.4, 0.5) is 0 Å². The summed E-state index contributed by atoms with van der Waals surface area (Å²) >= 11 is 7.48. The van der Waals surface area contributed by atoms with E-state index in [4.69, 9.17) is 16.4 Å². The minimum atomic E-state index is -0.772. The summed E-state index contributed by atoms with van der Waals surface area (Å²) in [5.74, 6) is -1.09. The van der Waals surface area contributed by atoms with E-state index >= 15 is 0 Å². The first-order valence-corrected chi connectivity index (χ1v) is 8.88. The fraction of sp³-hybridized carbons (Fsp3) is 0.312. The molecule has 2 aliphatic rings. The van der Waals surface area contributed by atoms with Crippen LogP contribution in [0.25, 0.3) is 0 Å². The summed E-state index contributed by atoms with van der Waals surface area (Å²) in [6.07, 6.45) is 0. The third-order valence-electron chi connectivity index (χ3n) is 3.85. The number of halogens is 1. The van der Waals surface area contributed by atoms with Crippen molar-refractivity contribution in [3.05, 3.63) is 47.2 Å². The second kappa shape index (κ2) is 6.86. The quantitative estimate of drug-likeness (QED) is 0.501. The third-order valence-corrected chi connectivity index (χ3v) is 5.51. The Balaban J connectivity index is 1.86. The molecule has 1 fully saturated rings. The number of benzene rings is 1. The first kappa shape index (κ1) is 16.9. The van der Waals surface area contributed by atoms with Crippen LogP contribution < -0.4 is 5.48 Å². The van der Waals surface area contributed by atoms with Crippen LogP contribution in [0, 0.1) is 0 Å². The highest BCUT2D eigenvalue weighted by molar-refractivity contribution is 8.00. The van der Waals surface area contributed by atoms with E-state index < -0.39 is 11.9 Å². The molecule has 1 unspecified atom stereocenters.